The van der Waals surface area contributed by atoms with Crippen LogP contribution in [0.1, 0.15) is 16.7 Å². The van der Waals surface area contributed by atoms with E-state index in [2.05, 4.69) is 31.1 Å². The molecule has 0 saturated carbocycles. The van der Waals surface area contributed by atoms with E-state index < -0.39 is 30.2 Å². The molecule has 0 aliphatic carbocycles. The van der Waals surface area contributed by atoms with E-state index in [0.717, 1.165) is 22.4 Å². The van der Waals surface area contributed by atoms with Crippen LogP contribution in [-0.2, 0) is 27.9 Å². The standard InChI is InChI=1S/C32H39NO5SSi/c1-26-13-19-30(20-14-26)39(35,36)33(24-27-10-7-6-8-11-27)31(32(34)21-23-40(3,4)5)12-9-22-38-25-28-15-17-29(37-2)18-16-28/h6-20,31-32,34H,22,24-25H2,1-5H3/b12-9+/t31-,32+/m1/s1. The lowest BCUT2D eigenvalue weighted by molar-refractivity contribution is 0.143. The van der Waals surface area contributed by atoms with E-state index in [1.165, 1.54) is 4.31 Å². The molecule has 6 nitrogen and oxygen atoms in total. The number of aliphatic hydroxyl groups excluding tert-OH is 1. The summed E-state index contributed by atoms with van der Waals surface area (Å²) in [5, 5.41) is 11.3. The molecule has 8 heteroatoms. The third-order valence-electron chi connectivity index (χ3n) is 6.04. The molecule has 0 fully saturated rings. The lowest BCUT2D eigenvalue weighted by Gasteiger charge is -2.31. The van der Waals surface area contributed by atoms with Gasteiger partial charge in [0.2, 0.25) is 10.0 Å². The second kappa shape index (κ2) is 14.4. The quantitative estimate of drug-likeness (QED) is 0.132. The number of methoxy groups -OCH3 is 1. The molecule has 2 atom stereocenters. The SMILES string of the molecule is COc1ccc(COC/C=C/[C@H]([C@@H](O)C#C[Si](C)(C)C)N(Cc2ccccc2)S(=O)(=O)c2ccc(C)cc2)cc1. The van der Waals surface area contributed by atoms with Crippen molar-refractivity contribution < 1.29 is 23.0 Å². The minimum absolute atomic E-state index is 0.0739. The van der Waals surface area contributed by atoms with Gasteiger partial charge in [-0.15, -0.1) is 5.54 Å². The van der Waals surface area contributed by atoms with Gasteiger partial charge in [-0.2, -0.15) is 4.31 Å². The van der Waals surface area contributed by atoms with Gasteiger partial charge in [-0.3, -0.25) is 0 Å². The number of aryl methyl sites for hydroxylation is 1. The average Bonchev–Trinajstić information content (AvgIpc) is 2.93. The summed E-state index contributed by atoms with van der Waals surface area (Å²) >= 11 is 0. The van der Waals surface area contributed by atoms with Crippen molar-refractivity contribution in [3.05, 3.63) is 108 Å². The highest BCUT2D eigenvalue weighted by Crippen LogP contribution is 2.24. The molecule has 0 heterocycles. The van der Waals surface area contributed by atoms with Crippen LogP contribution in [0.2, 0.25) is 19.6 Å². The molecule has 3 aromatic rings. The van der Waals surface area contributed by atoms with Crippen LogP contribution in [0, 0.1) is 18.4 Å². The van der Waals surface area contributed by atoms with Gasteiger partial charge in [-0.05, 0) is 42.3 Å². The molecular formula is C32H39NO5SSi. The lowest BCUT2D eigenvalue weighted by atomic mass is 10.1. The predicted octanol–water partition coefficient (Wildman–Crippen LogP) is 5.58. The normalized spacial score (nSPS) is 13.6. The fraction of sp³-hybridized carbons (Fsp3) is 0.312. The Morgan fingerprint density at radius 3 is 2.20 bits per heavy atom. The van der Waals surface area contributed by atoms with Crippen LogP contribution in [0.3, 0.4) is 0 Å². The molecular weight excluding hydrogens is 539 g/mol. The zero-order valence-electron chi connectivity index (χ0n) is 23.9. The Kier molecular flexibility index (Phi) is 11.3. The topological polar surface area (TPSA) is 76.1 Å². The third kappa shape index (κ3) is 9.47. The minimum atomic E-state index is -3.99. The van der Waals surface area contributed by atoms with Crippen molar-refractivity contribution in [1.82, 2.24) is 4.31 Å². The number of rotatable bonds is 12. The first-order valence-electron chi connectivity index (χ1n) is 13.2. The number of aliphatic hydroxyl groups is 1. The van der Waals surface area contributed by atoms with Gasteiger partial charge in [-0.1, -0.05) is 97.9 Å². The first-order valence-corrected chi connectivity index (χ1v) is 18.1. The van der Waals surface area contributed by atoms with E-state index in [-0.39, 0.29) is 18.0 Å². The molecule has 40 heavy (non-hydrogen) atoms. The van der Waals surface area contributed by atoms with Gasteiger partial charge in [0.25, 0.3) is 0 Å². The average molecular weight is 578 g/mol. The summed E-state index contributed by atoms with van der Waals surface area (Å²) in [5.74, 6) is 3.73. The third-order valence-corrected chi connectivity index (χ3v) is 8.79. The minimum Gasteiger partial charge on any atom is -0.497 e. The summed E-state index contributed by atoms with van der Waals surface area (Å²) in [5.41, 5.74) is 5.94. The summed E-state index contributed by atoms with van der Waals surface area (Å²) in [7, 11) is -4.20. The molecule has 0 saturated heterocycles. The smallest absolute Gasteiger partial charge is 0.244 e. The van der Waals surface area contributed by atoms with Crippen molar-refractivity contribution in [3.63, 3.8) is 0 Å². The van der Waals surface area contributed by atoms with Gasteiger partial charge in [0.1, 0.15) is 19.9 Å². The van der Waals surface area contributed by atoms with Gasteiger partial charge in [0, 0.05) is 6.54 Å². The summed E-state index contributed by atoms with van der Waals surface area (Å²) in [4.78, 5) is 0.161. The first kappa shape index (κ1) is 31.3. The number of ether oxygens (including phenoxy) is 2. The van der Waals surface area contributed by atoms with Gasteiger partial charge in [0.15, 0.2) is 0 Å². The maximum atomic E-state index is 14.0. The fourth-order valence-corrected chi connectivity index (χ4v) is 6.01. The number of nitrogens with zero attached hydrogens (tertiary/aromatic N) is 1. The second-order valence-corrected chi connectivity index (χ2v) is 17.2. The Labute approximate surface area is 240 Å². The zero-order valence-corrected chi connectivity index (χ0v) is 25.7. The van der Waals surface area contributed by atoms with Gasteiger partial charge >= 0.3 is 0 Å². The van der Waals surface area contributed by atoms with Crippen molar-refractivity contribution in [1.29, 1.82) is 0 Å². The maximum Gasteiger partial charge on any atom is 0.244 e. The van der Waals surface area contributed by atoms with Crippen molar-refractivity contribution in [2.45, 2.75) is 56.8 Å². The summed E-state index contributed by atoms with van der Waals surface area (Å²) < 4.78 is 40.4. The Hall–Kier alpha value is -3.19. The number of hydrogen-bond donors (Lipinski definition) is 1. The van der Waals surface area contributed by atoms with Crippen LogP contribution in [0.5, 0.6) is 5.75 Å². The highest BCUT2D eigenvalue weighted by Gasteiger charge is 2.34. The molecule has 0 bridgehead atoms. The number of sulfonamides is 1. The molecule has 212 valence electrons. The summed E-state index contributed by atoms with van der Waals surface area (Å²) in [6.07, 6.45) is 2.20. The van der Waals surface area contributed by atoms with Gasteiger partial charge in [0.05, 0.1) is 31.3 Å². The Balaban J connectivity index is 1.93. The molecule has 0 aliphatic heterocycles. The lowest BCUT2D eigenvalue weighted by Crippen LogP contribution is -2.45. The van der Waals surface area contributed by atoms with E-state index in [0.29, 0.717) is 6.61 Å². The molecule has 0 aliphatic rings. The van der Waals surface area contributed by atoms with Crippen LogP contribution in [0.25, 0.3) is 0 Å². The van der Waals surface area contributed by atoms with Crippen LogP contribution < -0.4 is 4.74 Å². The van der Waals surface area contributed by atoms with Gasteiger partial charge < -0.3 is 14.6 Å². The Bertz CT molecular complexity index is 1400. The van der Waals surface area contributed by atoms with Gasteiger partial charge in [-0.25, -0.2) is 8.42 Å². The molecule has 0 radical (unpaired) electrons. The monoisotopic (exact) mass is 577 g/mol. The van der Waals surface area contributed by atoms with E-state index in [4.69, 9.17) is 9.47 Å². The number of benzene rings is 3. The summed E-state index contributed by atoms with van der Waals surface area (Å²) in [6.45, 7) is 8.84. The summed E-state index contributed by atoms with van der Waals surface area (Å²) in [6, 6.07) is 22.8. The first-order chi connectivity index (χ1) is 19.0. The van der Waals surface area contributed by atoms with Crippen LogP contribution >= 0.6 is 0 Å². The van der Waals surface area contributed by atoms with E-state index in [1.807, 2.05) is 61.5 Å². The van der Waals surface area contributed by atoms with Crippen molar-refractivity contribution in [2.75, 3.05) is 13.7 Å². The molecule has 1 N–H and O–H groups in total. The van der Waals surface area contributed by atoms with Crippen molar-refractivity contribution >= 4 is 18.1 Å². The fourth-order valence-electron chi connectivity index (χ4n) is 3.86. The Morgan fingerprint density at radius 2 is 1.60 bits per heavy atom. The van der Waals surface area contributed by atoms with Crippen molar-refractivity contribution in [2.24, 2.45) is 0 Å². The van der Waals surface area contributed by atoms with E-state index >= 15 is 0 Å². The highest BCUT2D eigenvalue weighted by atomic mass is 32.2. The zero-order chi connectivity index (χ0) is 29.2. The van der Waals surface area contributed by atoms with Crippen LogP contribution in [-0.4, -0.2) is 51.8 Å². The second-order valence-electron chi connectivity index (χ2n) is 10.6. The Morgan fingerprint density at radius 1 is 0.950 bits per heavy atom. The molecule has 3 rings (SSSR count). The maximum absolute atomic E-state index is 14.0. The van der Waals surface area contributed by atoms with E-state index in [9.17, 15) is 13.5 Å². The van der Waals surface area contributed by atoms with Crippen LogP contribution in [0.15, 0.2) is 95.9 Å². The molecule has 0 unspecified atom stereocenters. The van der Waals surface area contributed by atoms with Crippen LogP contribution in [0.4, 0.5) is 0 Å². The molecule has 3 aromatic carbocycles. The highest BCUT2D eigenvalue weighted by molar-refractivity contribution is 7.89. The predicted molar refractivity (Wildman–Crippen MR) is 163 cm³/mol. The molecule has 0 amide bonds. The molecule has 0 spiro atoms. The number of hydrogen-bond acceptors (Lipinski definition) is 5. The van der Waals surface area contributed by atoms with E-state index in [1.54, 1.807) is 43.5 Å². The van der Waals surface area contributed by atoms with Crippen molar-refractivity contribution in [3.8, 4) is 17.2 Å². The largest absolute Gasteiger partial charge is 0.497 e. The molecule has 0 aromatic heterocycles.